The smallest absolute Gasteiger partial charge is 0.0364 e. The van der Waals surface area contributed by atoms with E-state index in [2.05, 4.69) is 59.1 Å². The van der Waals surface area contributed by atoms with Crippen LogP contribution in [0.1, 0.15) is 26.2 Å². The summed E-state index contributed by atoms with van der Waals surface area (Å²) in [5.41, 5.74) is 1.30. The topological polar surface area (TPSA) is 3.24 Å². The van der Waals surface area contributed by atoms with Crippen molar-refractivity contribution in [2.24, 2.45) is 0 Å². The minimum atomic E-state index is 1.14. The van der Waals surface area contributed by atoms with Gasteiger partial charge in [-0.2, -0.15) is 0 Å². The summed E-state index contributed by atoms with van der Waals surface area (Å²) in [5.74, 6) is 0. The Morgan fingerprint density at radius 3 is 2.36 bits per heavy atom. The summed E-state index contributed by atoms with van der Waals surface area (Å²) >= 11 is 3.44. The van der Waals surface area contributed by atoms with Gasteiger partial charge in [0.05, 0.1) is 0 Å². The molecule has 2 heteroatoms. The third-order valence-corrected chi connectivity index (χ3v) is 2.89. The number of anilines is 1. The van der Waals surface area contributed by atoms with Crippen LogP contribution in [0, 0.1) is 0 Å². The lowest BCUT2D eigenvalue weighted by Gasteiger charge is -2.18. The first-order valence-electron chi connectivity index (χ1n) is 5.20. The van der Waals surface area contributed by atoms with E-state index in [-0.39, 0.29) is 0 Å². The second-order valence-corrected chi connectivity index (χ2v) is 4.52. The van der Waals surface area contributed by atoms with E-state index in [1.54, 1.807) is 0 Å². The van der Waals surface area contributed by atoms with Crippen molar-refractivity contribution in [2.45, 2.75) is 26.2 Å². The van der Waals surface area contributed by atoms with Crippen LogP contribution in [0.2, 0.25) is 0 Å². The van der Waals surface area contributed by atoms with Crippen LogP contribution in [-0.4, -0.2) is 13.6 Å². The normalized spacial score (nSPS) is 10.2. The molecular formula is C12H18BrN. The summed E-state index contributed by atoms with van der Waals surface area (Å²) in [6.45, 7) is 3.38. The van der Waals surface area contributed by atoms with Crippen LogP contribution in [0.3, 0.4) is 0 Å². The second kappa shape index (κ2) is 6.07. The van der Waals surface area contributed by atoms with Gasteiger partial charge in [0.25, 0.3) is 0 Å². The predicted octanol–water partition coefficient (Wildman–Crippen LogP) is 4.08. The van der Waals surface area contributed by atoms with Crippen molar-refractivity contribution in [3.05, 3.63) is 28.7 Å². The fourth-order valence-electron chi connectivity index (χ4n) is 1.42. The molecule has 0 atom stereocenters. The number of nitrogens with zero attached hydrogens (tertiary/aromatic N) is 1. The molecule has 0 unspecified atom stereocenters. The molecule has 0 aliphatic carbocycles. The van der Waals surface area contributed by atoms with Gasteiger partial charge in [0, 0.05) is 23.8 Å². The lowest BCUT2D eigenvalue weighted by molar-refractivity contribution is 0.705. The molecule has 1 aromatic carbocycles. The molecule has 0 heterocycles. The number of unbranched alkanes of at least 4 members (excludes halogenated alkanes) is 2. The van der Waals surface area contributed by atoms with Crippen LogP contribution < -0.4 is 4.90 Å². The molecule has 1 nitrogen and oxygen atoms in total. The molecule has 0 radical (unpaired) electrons. The average molecular weight is 256 g/mol. The van der Waals surface area contributed by atoms with Crippen molar-refractivity contribution >= 4 is 21.6 Å². The van der Waals surface area contributed by atoms with Crippen LogP contribution in [-0.2, 0) is 0 Å². The van der Waals surface area contributed by atoms with Gasteiger partial charge in [-0.05, 0) is 30.7 Å². The molecular weight excluding hydrogens is 238 g/mol. The van der Waals surface area contributed by atoms with E-state index in [0.29, 0.717) is 0 Å². The Hall–Kier alpha value is -0.500. The Morgan fingerprint density at radius 1 is 1.14 bits per heavy atom. The van der Waals surface area contributed by atoms with Gasteiger partial charge in [-0.3, -0.25) is 0 Å². The van der Waals surface area contributed by atoms with Crippen LogP contribution in [0.25, 0.3) is 0 Å². The highest BCUT2D eigenvalue weighted by atomic mass is 79.9. The fraction of sp³-hybridized carbons (Fsp3) is 0.500. The minimum Gasteiger partial charge on any atom is -0.375 e. The molecule has 1 aromatic rings. The quantitative estimate of drug-likeness (QED) is 0.717. The molecule has 0 amide bonds. The first kappa shape index (κ1) is 11.6. The highest BCUT2D eigenvalue weighted by molar-refractivity contribution is 9.10. The minimum absolute atomic E-state index is 1.14. The van der Waals surface area contributed by atoms with Crippen LogP contribution in [0.15, 0.2) is 28.7 Å². The third kappa shape index (κ3) is 3.70. The summed E-state index contributed by atoms with van der Waals surface area (Å²) < 4.78 is 1.14. The number of benzene rings is 1. The Bertz CT molecular complexity index is 256. The van der Waals surface area contributed by atoms with Crippen molar-refractivity contribution < 1.29 is 0 Å². The third-order valence-electron chi connectivity index (χ3n) is 2.36. The monoisotopic (exact) mass is 255 g/mol. The molecule has 0 saturated heterocycles. The van der Waals surface area contributed by atoms with E-state index in [1.165, 1.54) is 24.9 Å². The van der Waals surface area contributed by atoms with Gasteiger partial charge in [0.1, 0.15) is 0 Å². The maximum Gasteiger partial charge on any atom is 0.0364 e. The maximum absolute atomic E-state index is 3.44. The van der Waals surface area contributed by atoms with Gasteiger partial charge >= 0.3 is 0 Å². The Labute approximate surface area is 95.2 Å². The van der Waals surface area contributed by atoms with Crippen molar-refractivity contribution in [1.82, 2.24) is 0 Å². The molecule has 0 spiro atoms. The molecule has 0 bridgehead atoms. The lowest BCUT2D eigenvalue weighted by atomic mass is 10.2. The van der Waals surface area contributed by atoms with E-state index < -0.39 is 0 Å². The molecule has 0 aromatic heterocycles. The van der Waals surface area contributed by atoms with Gasteiger partial charge in [-0.25, -0.2) is 0 Å². The number of hydrogen-bond acceptors (Lipinski definition) is 1. The maximum atomic E-state index is 3.44. The Morgan fingerprint density at radius 2 is 1.79 bits per heavy atom. The molecule has 0 saturated carbocycles. The fourth-order valence-corrected chi connectivity index (χ4v) is 1.69. The molecule has 14 heavy (non-hydrogen) atoms. The van der Waals surface area contributed by atoms with Crippen LogP contribution in [0.4, 0.5) is 5.69 Å². The summed E-state index contributed by atoms with van der Waals surface area (Å²) in [5, 5.41) is 0. The zero-order valence-electron chi connectivity index (χ0n) is 8.96. The summed E-state index contributed by atoms with van der Waals surface area (Å²) in [6.07, 6.45) is 3.89. The van der Waals surface area contributed by atoms with E-state index in [9.17, 15) is 0 Å². The number of rotatable bonds is 5. The van der Waals surface area contributed by atoms with E-state index in [4.69, 9.17) is 0 Å². The Balaban J connectivity index is 2.43. The van der Waals surface area contributed by atoms with Crippen molar-refractivity contribution in [3.8, 4) is 0 Å². The molecule has 0 fully saturated rings. The zero-order valence-corrected chi connectivity index (χ0v) is 10.5. The first-order valence-corrected chi connectivity index (χ1v) is 6.00. The van der Waals surface area contributed by atoms with Gasteiger partial charge in [-0.1, -0.05) is 35.7 Å². The van der Waals surface area contributed by atoms with Crippen molar-refractivity contribution in [3.63, 3.8) is 0 Å². The highest BCUT2D eigenvalue weighted by Crippen LogP contribution is 2.17. The van der Waals surface area contributed by atoms with Gasteiger partial charge in [-0.15, -0.1) is 0 Å². The summed E-state index contributed by atoms with van der Waals surface area (Å²) in [4.78, 5) is 2.31. The van der Waals surface area contributed by atoms with Crippen molar-refractivity contribution in [2.75, 3.05) is 18.5 Å². The van der Waals surface area contributed by atoms with Crippen LogP contribution in [0.5, 0.6) is 0 Å². The van der Waals surface area contributed by atoms with E-state index >= 15 is 0 Å². The molecule has 0 aliphatic heterocycles. The zero-order chi connectivity index (χ0) is 10.4. The van der Waals surface area contributed by atoms with Gasteiger partial charge < -0.3 is 4.90 Å². The Kier molecular flexibility index (Phi) is 5.02. The molecule has 0 N–H and O–H groups in total. The number of hydrogen-bond donors (Lipinski definition) is 0. The SMILES string of the molecule is CCCCCN(C)c1ccc(Br)cc1. The first-order chi connectivity index (χ1) is 6.74. The van der Waals surface area contributed by atoms with Crippen molar-refractivity contribution in [1.29, 1.82) is 0 Å². The summed E-state index contributed by atoms with van der Waals surface area (Å²) in [7, 11) is 2.15. The number of halogens is 1. The van der Waals surface area contributed by atoms with Crippen LogP contribution >= 0.6 is 15.9 Å². The highest BCUT2D eigenvalue weighted by Gasteiger charge is 1.99. The standard InChI is InChI=1S/C12H18BrN/c1-3-4-5-10-14(2)12-8-6-11(13)7-9-12/h6-9H,3-5,10H2,1-2H3. The molecule has 78 valence electrons. The summed E-state index contributed by atoms with van der Waals surface area (Å²) in [6, 6.07) is 8.48. The van der Waals surface area contributed by atoms with Gasteiger partial charge in [0.2, 0.25) is 0 Å². The van der Waals surface area contributed by atoms with E-state index in [0.717, 1.165) is 11.0 Å². The molecule has 1 rings (SSSR count). The average Bonchev–Trinajstić information content (AvgIpc) is 2.19. The van der Waals surface area contributed by atoms with E-state index in [1.807, 2.05) is 0 Å². The largest absolute Gasteiger partial charge is 0.375 e. The second-order valence-electron chi connectivity index (χ2n) is 3.61. The van der Waals surface area contributed by atoms with Gasteiger partial charge in [0.15, 0.2) is 0 Å². The predicted molar refractivity (Wildman–Crippen MR) is 66.9 cm³/mol. The lowest BCUT2D eigenvalue weighted by Crippen LogP contribution is -2.18. The molecule has 0 aliphatic rings.